The van der Waals surface area contributed by atoms with Gasteiger partial charge in [-0.25, -0.2) is 4.79 Å². The molecule has 1 aromatic heterocycles. The SMILES string of the molecule is CNC(=O)c1cc(Oc2ccc(C(C)NC(=O)Nc3cc(C(F)(F)F)ccc3OC)cc2)ccn1. The number of carbonyl (C=O) groups excluding carboxylic acids is 2. The third-order valence-corrected chi connectivity index (χ3v) is 4.93. The van der Waals surface area contributed by atoms with Crippen LogP contribution in [0.2, 0.25) is 0 Å². The summed E-state index contributed by atoms with van der Waals surface area (Å²) in [7, 11) is 2.80. The van der Waals surface area contributed by atoms with Crippen molar-refractivity contribution in [3.8, 4) is 17.2 Å². The average molecular weight is 488 g/mol. The number of pyridine rings is 1. The molecule has 0 aliphatic carbocycles. The summed E-state index contributed by atoms with van der Waals surface area (Å²) in [6.07, 6.45) is -3.10. The summed E-state index contributed by atoms with van der Waals surface area (Å²) < 4.78 is 49.8. The van der Waals surface area contributed by atoms with Crippen LogP contribution in [-0.2, 0) is 6.18 Å². The molecule has 3 rings (SSSR count). The van der Waals surface area contributed by atoms with Gasteiger partial charge in [0.25, 0.3) is 5.91 Å². The quantitative estimate of drug-likeness (QED) is 0.427. The fourth-order valence-electron chi connectivity index (χ4n) is 3.11. The molecule has 35 heavy (non-hydrogen) atoms. The van der Waals surface area contributed by atoms with Crippen molar-refractivity contribution in [3.05, 3.63) is 77.6 Å². The smallest absolute Gasteiger partial charge is 0.416 e. The zero-order valence-electron chi connectivity index (χ0n) is 19.1. The summed E-state index contributed by atoms with van der Waals surface area (Å²) >= 11 is 0. The summed E-state index contributed by atoms with van der Waals surface area (Å²) in [6.45, 7) is 1.72. The van der Waals surface area contributed by atoms with Crippen LogP contribution in [-0.4, -0.2) is 31.1 Å². The molecule has 1 heterocycles. The molecule has 11 heteroatoms. The van der Waals surface area contributed by atoms with Crippen LogP contribution in [0.5, 0.6) is 17.2 Å². The minimum Gasteiger partial charge on any atom is -0.495 e. The van der Waals surface area contributed by atoms with Crippen LogP contribution in [0.4, 0.5) is 23.7 Å². The molecular weight excluding hydrogens is 465 g/mol. The van der Waals surface area contributed by atoms with Crippen LogP contribution in [0.25, 0.3) is 0 Å². The van der Waals surface area contributed by atoms with E-state index >= 15 is 0 Å². The number of hydrogen-bond acceptors (Lipinski definition) is 5. The Morgan fingerprint density at radius 1 is 1.00 bits per heavy atom. The van der Waals surface area contributed by atoms with Crippen molar-refractivity contribution in [3.63, 3.8) is 0 Å². The summed E-state index contributed by atoms with van der Waals surface area (Å²) in [5.74, 6) is 0.671. The number of alkyl halides is 3. The van der Waals surface area contributed by atoms with E-state index in [0.717, 1.165) is 23.8 Å². The minimum atomic E-state index is -4.56. The first-order valence-corrected chi connectivity index (χ1v) is 10.4. The monoisotopic (exact) mass is 488 g/mol. The summed E-state index contributed by atoms with van der Waals surface area (Å²) in [6, 6.07) is 11.6. The lowest BCUT2D eigenvalue weighted by atomic mass is 10.1. The summed E-state index contributed by atoms with van der Waals surface area (Å²) in [5, 5.41) is 7.55. The molecule has 3 aromatic rings. The largest absolute Gasteiger partial charge is 0.495 e. The number of methoxy groups -OCH3 is 1. The molecule has 184 valence electrons. The first-order chi connectivity index (χ1) is 16.6. The number of benzene rings is 2. The van der Waals surface area contributed by atoms with Crippen molar-refractivity contribution < 1.29 is 32.2 Å². The molecule has 3 amide bonds. The van der Waals surface area contributed by atoms with Gasteiger partial charge in [0.2, 0.25) is 0 Å². The molecule has 0 fully saturated rings. The van der Waals surface area contributed by atoms with Crippen LogP contribution in [0.15, 0.2) is 60.8 Å². The van der Waals surface area contributed by atoms with Gasteiger partial charge in [-0.05, 0) is 48.9 Å². The molecule has 0 saturated heterocycles. The molecule has 3 N–H and O–H groups in total. The highest BCUT2D eigenvalue weighted by Crippen LogP contribution is 2.35. The van der Waals surface area contributed by atoms with E-state index in [1.807, 2.05) is 0 Å². The highest BCUT2D eigenvalue weighted by atomic mass is 19.4. The Hall–Kier alpha value is -4.28. The van der Waals surface area contributed by atoms with Crippen molar-refractivity contribution >= 4 is 17.6 Å². The van der Waals surface area contributed by atoms with E-state index in [0.29, 0.717) is 11.5 Å². The van der Waals surface area contributed by atoms with E-state index in [-0.39, 0.29) is 23.0 Å². The lowest BCUT2D eigenvalue weighted by molar-refractivity contribution is -0.137. The molecule has 0 bridgehead atoms. The van der Waals surface area contributed by atoms with E-state index in [2.05, 4.69) is 20.9 Å². The molecule has 0 radical (unpaired) electrons. The predicted molar refractivity (Wildman–Crippen MR) is 123 cm³/mol. The molecule has 8 nitrogen and oxygen atoms in total. The van der Waals surface area contributed by atoms with Gasteiger partial charge in [0.1, 0.15) is 22.9 Å². The van der Waals surface area contributed by atoms with E-state index in [1.165, 1.54) is 26.4 Å². The van der Waals surface area contributed by atoms with Gasteiger partial charge in [0, 0.05) is 19.3 Å². The maximum absolute atomic E-state index is 13.0. The van der Waals surface area contributed by atoms with Gasteiger partial charge in [-0.3, -0.25) is 9.78 Å². The van der Waals surface area contributed by atoms with Crippen molar-refractivity contribution in [2.75, 3.05) is 19.5 Å². The molecule has 0 spiro atoms. The molecule has 0 saturated carbocycles. The van der Waals surface area contributed by atoms with Gasteiger partial charge in [-0.1, -0.05) is 12.1 Å². The Morgan fingerprint density at radius 2 is 1.71 bits per heavy atom. The maximum Gasteiger partial charge on any atom is 0.416 e. The number of nitrogens with zero attached hydrogens (tertiary/aromatic N) is 1. The van der Waals surface area contributed by atoms with E-state index in [9.17, 15) is 22.8 Å². The van der Waals surface area contributed by atoms with Gasteiger partial charge >= 0.3 is 12.2 Å². The Morgan fingerprint density at radius 3 is 2.34 bits per heavy atom. The molecule has 2 aromatic carbocycles. The number of amides is 3. The third kappa shape index (κ3) is 6.62. The van der Waals surface area contributed by atoms with E-state index in [4.69, 9.17) is 9.47 Å². The maximum atomic E-state index is 13.0. The number of aromatic nitrogens is 1. The first-order valence-electron chi connectivity index (χ1n) is 10.4. The van der Waals surface area contributed by atoms with Crippen molar-refractivity contribution in [2.45, 2.75) is 19.1 Å². The number of carbonyl (C=O) groups is 2. The number of nitrogens with one attached hydrogen (secondary N) is 3. The van der Waals surface area contributed by atoms with Crippen LogP contribution in [0, 0.1) is 0 Å². The predicted octanol–water partition coefficient (Wildman–Crippen LogP) is 5.14. The number of hydrogen-bond donors (Lipinski definition) is 3. The van der Waals surface area contributed by atoms with Crippen LogP contribution in [0.1, 0.15) is 34.6 Å². The highest BCUT2D eigenvalue weighted by Gasteiger charge is 2.31. The van der Waals surface area contributed by atoms with Gasteiger partial charge in [0.15, 0.2) is 0 Å². The summed E-state index contributed by atoms with van der Waals surface area (Å²) in [4.78, 5) is 28.1. The van der Waals surface area contributed by atoms with Crippen molar-refractivity contribution in [2.24, 2.45) is 0 Å². The Bertz CT molecular complexity index is 1200. The molecule has 1 atom stereocenters. The fourth-order valence-corrected chi connectivity index (χ4v) is 3.11. The van der Waals surface area contributed by atoms with Gasteiger partial charge in [0.05, 0.1) is 24.4 Å². The van der Waals surface area contributed by atoms with Crippen LogP contribution in [0.3, 0.4) is 0 Å². The molecule has 0 aliphatic heterocycles. The van der Waals surface area contributed by atoms with E-state index in [1.54, 1.807) is 37.3 Å². The first kappa shape index (κ1) is 25.3. The second-order valence-corrected chi connectivity index (χ2v) is 7.36. The van der Waals surface area contributed by atoms with Crippen molar-refractivity contribution in [1.82, 2.24) is 15.6 Å². The fraction of sp³-hybridized carbons (Fsp3) is 0.208. The Labute approximate surface area is 199 Å². The Kier molecular flexibility index (Phi) is 7.80. The van der Waals surface area contributed by atoms with Crippen LogP contribution < -0.4 is 25.4 Å². The highest BCUT2D eigenvalue weighted by molar-refractivity contribution is 5.92. The second-order valence-electron chi connectivity index (χ2n) is 7.36. The zero-order valence-corrected chi connectivity index (χ0v) is 19.1. The lowest BCUT2D eigenvalue weighted by Crippen LogP contribution is -2.31. The minimum absolute atomic E-state index is 0.0954. The number of halogens is 3. The zero-order chi connectivity index (χ0) is 25.6. The number of urea groups is 1. The molecular formula is C24H23F3N4O4. The van der Waals surface area contributed by atoms with Gasteiger partial charge in [-0.2, -0.15) is 13.2 Å². The van der Waals surface area contributed by atoms with Gasteiger partial charge < -0.3 is 25.4 Å². The topological polar surface area (TPSA) is 102 Å². The Balaban J connectivity index is 1.64. The normalized spacial score (nSPS) is 11.8. The van der Waals surface area contributed by atoms with Crippen molar-refractivity contribution in [1.29, 1.82) is 0 Å². The molecule has 0 aliphatic rings. The van der Waals surface area contributed by atoms with E-state index < -0.39 is 23.8 Å². The summed E-state index contributed by atoms with van der Waals surface area (Å²) in [5.41, 5.74) is -0.0785. The number of rotatable bonds is 7. The third-order valence-electron chi connectivity index (χ3n) is 4.93. The average Bonchev–Trinajstić information content (AvgIpc) is 2.83. The van der Waals surface area contributed by atoms with Crippen LogP contribution >= 0.6 is 0 Å². The second kappa shape index (κ2) is 10.8. The lowest BCUT2D eigenvalue weighted by Gasteiger charge is -2.17. The molecule has 1 unspecified atom stereocenters. The number of ether oxygens (including phenoxy) is 2. The standard InChI is InChI=1S/C24H23F3N4O4/c1-14(30-23(33)31-19-12-16(24(25,26)27)6-9-21(19)34-3)15-4-7-17(8-5-15)35-18-10-11-29-20(13-18)22(32)28-2/h4-14H,1-3H3,(H,28,32)(H2,30,31,33). The number of anilines is 1. The van der Waals surface area contributed by atoms with Gasteiger partial charge in [-0.15, -0.1) is 0 Å².